The summed E-state index contributed by atoms with van der Waals surface area (Å²) in [6.07, 6.45) is 3.29. The van der Waals surface area contributed by atoms with E-state index in [1.165, 1.54) is 22.8 Å². The molecular formula is C16H18FN3O3S. The Labute approximate surface area is 140 Å². The van der Waals surface area contributed by atoms with Crippen LogP contribution >= 0.6 is 0 Å². The molecule has 1 fully saturated rings. The van der Waals surface area contributed by atoms with Crippen LogP contribution in [0, 0.1) is 5.82 Å². The molecule has 8 heteroatoms. The molecule has 6 nitrogen and oxygen atoms in total. The summed E-state index contributed by atoms with van der Waals surface area (Å²) in [6.45, 7) is 2.36. The number of rotatable bonds is 5. The molecule has 0 radical (unpaired) electrons. The van der Waals surface area contributed by atoms with Crippen LogP contribution in [0.25, 0.3) is 11.3 Å². The Morgan fingerprint density at radius 2 is 2.21 bits per heavy atom. The molecule has 1 saturated heterocycles. The second-order valence-corrected chi connectivity index (χ2v) is 7.78. The number of nitrogens with zero attached hydrogens (tertiary/aromatic N) is 3. The predicted molar refractivity (Wildman–Crippen MR) is 87.5 cm³/mol. The van der Waals surface area contributed by atoms with Crippen LogP contribution in [0.2, 0.25) is 0 Å². The van der Waals surface area contributed by atoms with E-state index in [9.17, 15) is 12.8 Å². The highest BCUT2D eigenvalue weighted by Gasteiger charge is 2.31. The van der Waals surface area contributed by atoms with Gasteiger partial charge < -0.3 is 4.74 Å². The Balaban J connectivity index is 1.82. The molecule has 24 heavy (non-hydrogen) atoms. The average Bonchev–Trinajstić information content (AvgIpc) is 3.07. The smallest absolute Gasteiger partial charge is 0.213 e. The van der Waals surface area contributed by atoms with E-state index in [-0.39, 0.29) is 11.9 Å². The van der Waals surface area contributed by atoms with Crippen molar-refractivity contribution >= 4 is 10.0 Å². The van der Waals surface area contributed by atoms with Gasteiger partial charge in [0.15, 0.2) is 0 Å². The molecule has 0 amide bonds. The third-order valence-corrected chi connectivity index (χ3v) is 5.81. The van der Waals surface area contributed by atoms with E-state index in [0.717, 1.165) is 0 Å². The minimum atomic E-state index is -3.22. The summed E-state index contributed by atoms with van der Waals surface area (Å²) in [7, 11) is -3.22. The second kappa shape index (κ2) is 6.82. The van der Waals surface area contributed by atoms with Gasteiger partial charge >= 0.3 is 0 Å². The summed E-state index contributed by atoms with van der Waals surface area (Å²) in [6, 6.07) is 5.89. The van der Waals surface area contributed by atoms with Gasteiger partial charge in [-0.3, -0.25) is 0 Å². The Hall–Kier alpha value is -2.06. The van der Waals surface area contributed by atoms with Crippen molar-refractivity contribution in [1.29, 1.82) is 0 Å². The van der Waals surface area contributed by atoms with Crippen molar-refractivity contribution in [2.75, 3.05) is 18.8 Å². The molecule has 2 heterocycles. The number of aromatic nitrogens is 2. The number of halogens is 1. The fraction of sp³-hybridized carbons (Fsp3) is 0.375. The van der Waals surface area contributed by atoms with E-state index < -0.39 is 15.8 Å². The van der Waals surface area contributed by atoms with Crippen LogP contribution < -0.4 is 4.74 Å². The maximum atomic E-state index is 13.6. The van der Waals surface area contributed by atoms with Gasteiger partial charge in [0.25, 0.3) is 0 Å². The first-order chi connectivity index (χ1) is 11.5. The van der Waals surface area contributed by atoms with Crippen LogP contribution in [-0.2, 0) is 10.0 Å². The van der Waals surface area contributed by atoms with E-state index in [0.29, 0.717) is 36.5 Å². The molecule has 1 aromatic heterocycles. The minimum absolute atomic E-state index is 0.0719. The lowest BCUT2D eigenvalue weighted by atomic mass is 10.1. The molecule has 0 bridgehead atoms. The lowest BCUT2D eigenvalue weighted by molar-refractivity contribution is 0.216. The monoisotopic (exact) mass is 351 g/mol. The Morgan fingerprint density at radius 3 is 2.92 bits per heavy atom. The van der Waals surface area contributed by atoms with Gasteiger partial charge in [-0.15, -0.1) is 0 Å². The molecular weight excluding hydrogens is 333 g/mol. The maximum Gasteiger partial charge on any atom is 0.213 e. The summed E-state index contributed by atoms with van der Waals surface area (Å²) in [5.74, 6) is 0.163. The molecule has 128 valence electrons. The zero-order chi connectivity index (χ0) is 17.2. The maximum absolute atomic E-state index is 13.6. The summed E-state index contributed by atoms with van der Waals surface area (Å²) in [5.41, 5.74) is 1.07. The van der Waals surface area contributed by atoms with Gasteiger partial charge in [0.1, 0.15) is 24.0 Å². The van der Waals surface area contributed by atoms with E-state index in [1.54, 1.807) is 25.3 Å². The molecule has 1 atom stereocenters. The van der Waals surface area contributed by atoms with Crippen molar-refractivity contribution in [3.8, 4) is 17.0 Å². The minimum Gasteiger partial charge on any atom is -0.488 e. The highest BCUT2D eigenvalue weighted by atomic mass is 32.2. The van der Waals surface area contributed by atoms with Crippen LogP contribution in [0.1, 0.15) is 13.3 Å². The molecule has 0 saturated carbocycles. The molecule has 0 N–H and O–H groups in total. The number of sulfonamides is 1. The van der Waals surface area contributed by atoms with Crippen molar-refractivity contribution in [3.63, 3.8) is 0 Å². The van der Waals surface area contributed by atoms with Gasteiger partial charge in [-0.25, -0.2) is 22.8 Å². The fourth-order valence-corrected chi connectivity index (χ4v) is 3.81. The highest BCUT2D eigenvalue weighted by molar-refractivity contribution is 7.89. The normalized spacial score (nSPS) is 18.7. The van der Waals surface area contributed by atoms with E-state index in [2.05, 4.69) is 9.97 Å². The first-order valence-electron chi connectivity index (χ1n) is 7.70. The van der Waals surface area contributed by atoms with Gasteiger partial charge in [0.2, 0.25) is 10.0 Å². The molecule has 2 aromatic rings. The highest BCUT2D eigenvalue weighted by Crippen LogP contribution is 2.31. The molecule has 1 aliphatic heterocycles. The van der Waals surface area contributed by atoms with Crippen molar-refractivity contribution in [1.82, 2.24) is 14.3 Å². The van der Waals surface area contributed by atoms with Crippen LogP contribution in [0.15, 0.2) is 36.8 Å². The van der Waals surface area contributed by atoms with Crippen LogP contribution in [-0.4, -0.2) is 47.6 Å². The summed E-state index contributed by atoms with van der Waals surface area (Å²) in [5, 5.41) is 0. The van der Waals surface area contributed by atoms with Crippen LogP contribution in [0.5, 0.6) is 5.75 Å². The molecule has 0 spiro atoms. The second-order valence-electron chi connectivity index (χ2n) is 5.52. The standard InChI is InChI=1S/C16H18FN3O3S/c1-2-24(21,22)20-8-6-13(10-20)23-16-4-3-12(17)9-14(16)15-5-7-18-11-19-15/h3-5,7,9,11,13H,2,6,8,10H2,1H3. The van der Waals surface area contributed by atoms with Gasteiger partial charge in [-0.05, 0) is 37.6 Å². The van der Waals surface area contributed by atoms with Crippen molar-refractivity contribution < 1.29 is 17.5 Å². The van der Waals surface area contributed by atoms with Gasteiger partial charge in [0.05, 0.1) is 18.0 Å². The first kappa shape index (κ1) is 16.8. The largest absolute Gasteiger partial charge is 0.488 e. The molecule has 0 aliphatic carbocycles. The topological polar surface area (TPSA) is 72.4 Å². The third-order valence-electron chi connectivity index (χ3n) is 3.96. The van der Waals surface area contributed by atoms with Crippen molar-refractivity contribution in [2.45, 2.75) is 19.4 Å². The summed E-state index contributed by atoms with van der Waals surface area (Å²) >= 11 is 0. The zero-order valence-electron chi connectivity index (χ0n) is 13.2. The number of ether oxygens (including phenoxy) is 1. The van der Waals surface area contributed by atoms with Gasteiger partial charge in [-0.1, -0.05) is 0 Å². The van der Waals surface area contributed by atoms with Crippen molar-refractivity contribution in [2.24, 2.45) is 0 Å². The van der Waals surface area contributed by atoms with Crippen molar-refractivity contribution in [3.05, 3.63) is 42.6 Å². The van der Waals surface area contributed by atoms with E-state index in [4.69, 9.17) is 4.74 Å². The quantitative estimate of drug-likeness (QED) is 0.825. The van der Waals surface area contributed by atoms with Crippen LogP contribution in [0.3, 0.4) is 0 Å². The zero-order valence-corrected chi connectivity index (χ0v) is 14.0. The third kappa shape index (κ3) is 3.54. The Kier molecular flexibility index (Phi) is 4.77. The number of benzene rings is 1. The SMILES string of the molecule is CCS(=O)(=O)N1CCC(Oc2ccc(F)cc2-c2ccncn2)C1. The molecule has 3 rings (SSSR count). The van der Waals surface area contributed by atoms with E-state index in [1.807, 2.05) is 0 Å². The Morgan fingerprint density at radius 1 is 1.38 bits per heavy atom. The van der Waals surface area contributed by atoms with Crippen LogP contribution in [0.4, 0.5) is 4.39 Å². The summed E-state index contributed by atoms with van der Waals surface area (Å²) in [4.78, 5) is 7.98. The number of hydrogen-bond donors (Lipinski definition) is 0. The Bertz CT molecular complexity index is 815. The molecule has 1 unspecified atom stereocenters. The first-order valence-corrected chi connectivity index (χ1v) is 9.31. The predicted octanol–water partition coefficient (Wildman–Crippen LogP) is 2.09. The lowest BCUT2D eigenvalue weighted by Gasteiger charge is -2.18. The summed E-state index contributed by atoms with van der Waals surface area (Å²) < 4.78 is 44.9. The molecule has 1 aromatic carbocycles. The van der Waals surface area contributed by atoms with Gasteiger partial charge in [0, 0.05) is 18.3 Å². The van der Waals surface area contributed by atoms with E-state index >= 15 is 0 Å². The van der Waals surface area contributed by atoms with Gasteiger partial charge in [-0.2, -0.15) is 4.31 Å². The number of hydrogen-bond acceptors (Lipinski definition) is 5. The average molecular weight is 351 g/mol. The fourth-order valence-electron chi connectivity index (χ4n) is 2.66. The lowest BCUT2D eigenvalue weighted by Crippen LogP contribution is -2.32. The molecule has 1 aliphatic rings.